The lowest BCUT2D eigenvalue weighted by Crippen LogP contribution is -2.35. The Labute approximate surface area is 192 Å². The second kappa shape index (κ2) is 10.6. The van der Waals surface area contributed by atoms with E-state index in [0.717, 1.165) is 60.3 Å². The number of carbonyl (C=O) groups excluding carboxylic acids is 1. The fourth-order valence-corrected chi connectivity index (χ4v) is 4.89. The summed E-state index contributed by atoms with van der Waals surface area (Å²) >= 11 is 3.49. The third-order valence-corrected chi connectivity index (χ3v) is 6.99. The Morgan fingerprint density at radius 1 is 1.13 bits per heavy atom. The van der Waals surface area contributed by atoms with Crippen LogP contribution in [0.15, 0.2) is 40.9 Å². The number of aliphatic hydroxyl groups is 1. The van der Waals surface area contributed by atoms with Crippen molar-refractivity contribution in [3.05, 3.63) is 57.6 Å². The van der Waals surface area contributed by atoms with Crippen LogP contribution in [0.25, 0.3) is 0 Å². The highest BCUT2D eigenvalue weighted by molar-refractivity contribution is 9.10. The second-order valence-corrected chi connectivity index (χ2v) is 9.36. The molecule has 0 amide bonds. The summed E-state index contributed by atoms with van der Waals surface area (Å²) in [6.45, 7) is 3.95. The van der Waals surface area contributed by atoms with Gasteiger partial charge in [0, 0.05) is 18.5 Å². The first kappa shape index (κ1) is 22.3. The van der Waals surface area contributed by atoms with Gasteiger partial charge in [-0.25, -0.2) is 0 Å². The number of aldehydes is 1. The third kappa shape index (κ3) is 5.88. The number of hydrogen-bond donors (Lipinski definition) is 1. The van der Waals surface area contributed by atoms with Crippen molar-refractivity contribution in [1.29, 1.82) is 0 Å². The molecular weight excluding hydrogens is 458 g/mol. The van der Waals surface area contributed by atoms with Crippen LogP contribution in [0.4, 0.5) is 0 Å². The molecule has 0 aromatic heterocycles. The molecule has 1 fully saturated rings. The average molecular weight is 488 g/mol. The van der Waals surface area contributed by atoms with Crippen LogP contribution in [-0.4, -0.2) is 49.1 Å². The van der Waals surface area contributed by atoms with Gasteiger partial charge in [-0.2, -0.15) is 0 Å². The summed E-state index contributed by atoms with van der Waals surface area (Å²) in [5.41, 5.74) is 3.47. The molecule has 0 bridgehead atoms. The van der Waals surface area contributed by atoms with Crippen molar-refractivity contribution in [1.82, 2.24) is 4.90 Å². The van der Waals surface area contributed by atoms with E-state index in [2.05, 4.69) is 39.0 Å². The van der Waals surface area contributed by atoms with Crippen LogP contribution >= 0.6 is 15.9 Å². The van der Waals surface area contributed by atoms with Crippen molar-refractivity contribution >= 4 is 22.2 Å². The molecule has 0 radical (unpaired) electrons. The number of likely N-dealkylation sites (tertiary alicyclic amines) is 1. The summed E-state index contributed by atoms with van der Waals surface area (Å²) < 4.78 is 12.0. The Kier molecular flexibility index (Phi) is 7.64. The first-order valence-corrected chi connectivity index (χ1v) is 11.9. The molecule has 2 heterocycles. The fourth-order valence-electron chi connectivity index (χ4n) is 4.53. The van der Waals surface area contributed by atoms with Crippen molar-refractivity contribution in [2.45, 2.75) is 38.2 Å². The molecule has 2 aliphatic heterocycles. The van der Waals surface area contributed by atoms with Crippen molar-refractivity contribution < 1.29 is 19.4 Å². The van der Waals surface area contributed by atoms with Gasteiger partial charge in [-0.1, -0.05) is 12.1 Å². The van der Waals surface area contributed by atoms with E-state index in [0.29, 0.717) is 18.9 Å². The van der Waals surface area contributed by atoms with E-state index >= 15 is 0 Å². The quantitative estimate of drug-likeness (QED) is 0.561. The topological polar surface area (TPSA) is 59.0 Å². The highest BCUT2D eigenvalue weighted by atomic mass is 79.9. The molecule has 2 aromatic rings. The molecule has 1 unspecified atom stereocenters. The number of aliphatic hydroxyl groups excluding tert-OH is 1. The van der Waals surface area contributed by atoms with Crippen LogP contribution in [0.5, 0.6) is 11.5 Å². The molecular formula is C25H30BrNO4. The molecule has 1 atom stereocenters. The lowest BCUT2D eigenvalue weighted by atomic mass is 9.90. The van der Waals surface area contributed by atoms with Crippen molar-refractivity contribution in [3.8, 4) is 11.5 Å². The molecule has 0 aliphatic carbocycles. The molecule has 166 valence electrons. The summed E-state index contributed by atoms with van der Waals surface area (Å²) in [4.78, 5) is 13.1. The van der Waals surface area contributed by atoms with E-state index in [4.69, 9.17) is 9.47 Å². The van der Waals surface area contributed by atoms with Gasteiger partial charge < -0.3 is 19.5 Å². The molecule has 0 saturated carbocycles. The van der Waals surface area contributed by atoms with Gasteiger partial charge in [0.2, 0.25) is 0 Å². The molecule has 31 heavy (non-hydrogen) atoms. The van der Waals surface area contributed by atoms with Crippen LogP contribution in [0, 0.1) is 5.92 Å². The Bertz CT molecular complexity index is 895. The maximum Gasteiger partial charge on any atom is 0.157 e. The van der Waals surface area contributed by atoms with Gasteiger partial charge in [0.15, 0.2) is 6.29 Å². The van der Waals surface area contributed by atoms with Crippen LogP contribution in [0.1, 0.15) is 42.1 Å². The highest BCUT2D eigenvalue weighted by Gasteiger charge is 2.21. The van der Waals surface area contributed by atoms with Crippen LogP contribution < -0.4 is 9.47 Å². The number of piperidine rings is 1. The van der Waals surface area contributed by atoms with Crippen LogP contribution in [0.2, 0.25) is 0 Å². The number of rotatable bonds is 8. The number of fused-ring (bicyclic) bond motifs is 1. The lowest BCUT2D eigenvalue weighted by Gasteiger charge is -2.32. The second-order valence-electron chi connectivity index (χ2n) is 8.51. The Morgan fingerprint density at radius 2 is 1.94 bits per heavy atom. The maximum atomic E-state index is 10.6. The molecule has 2 aromatic carbocycles. The normalized spacial score (nSPS) is 19.5. The molecule has 0 spiro atoms. The maximum absolute atomic E-state index is 10.6. The minimum atomic E-state index is -0.401. The van der Waals surface area contributed by atoms with E-state index in [1.165, 1.54) is 24.0 Å². The standard InChI is InChI=1S/C25H30BrNO4/c26-22-3-1-20(17-25(22)31-14-12-28)15-19-6-10-27(11-7-19)9-5-18-2-4-24-21(16-18)23(29)8-13-30-24/h1-4,12,16-17,19,23,29H,5-11,13-15H2. The number of hydrogen-bond acceptors (Lipinski definition) is 5. The van der Waals surface area contributed by atoms with Gasteiger partial charge in [0.25, 0.3) is 0 Å². The lowest BCUT2D eigenvalue weighted by molar-refractivity contribution is -0.109. The van der Waals surface area contributed by atoms with E-state index < -0.39 is 6.10 Å². The molecule has 1 saturated heterocycles. The summed E-state index contributed by atoms with van der Waals surface area (Å²) in [5, 5.41) is 10.2. The first-order chi connectivity index (χ1) is 15.1. The predicted molar refractivity (Wildman–Crippen MR) is 124 cm³/mol. The minimum Gasteiger partial charge on any atom is -0.493 e. The Hall–Kier alpha value is -1.89. The first-order valence-electron chi connectivity index (χ1n) is 11.1. The number of carbonyl (C=O) groups is 1. The Balaban J connectivity index is 1.25. The van der Waals surface area contributed by atoms with Crippen LogP contribution in [0.3, 0.4) is 0 Å². The predicted octanol–water partition coefficient (Wildman–Crippen LogP) is 4.34. The van der Waals surface area contributed by atoms with Gasteiger partial charge in [0.1, 0.15) is 18.1 Å². The van der Waals surface area contributed by atoms with Crippen molar-refractivity contribution in [3.63, 3.8) is 0 Å². The van der Waals surface area contributed by atoms with E-state index in [-0.39, 0.29) is 6.61 Å². The SMILES string of the molecule is O=CCOc1cc(CC2CCN(CCc3ccc4c(c3)C(O)CCO4)CC2)ccc1Br. The average Bonchev–Trinajstić information content (AvgIpc) is 2.79. The zero-order valence-electron chi connectivity index (χ0n) is 17.8. The van der Waals surface area contributed by atoms with E-state index in [9.17, 15) is 9.90 Å². The summed E-state index contributed by atoms with van der Waals surface area (Å²) in [5.74, 6) is 2.24. The van der Waals surface area contributed by atoms with Gasteiger partial charge >= 0.3 is 0 Å². The molecule has 4 rings (SSSR count). The fraction of sp³-hybridized carbons (Fsp3) is 0.480. The largest absolute Gasteiger partial charge is 0.493 e. The van der Waals surface area contributed by atoms with Crippen LogP contribution in [-0.2, 0) is 17.6 Å². The minimum absolute atomic E-state index is 0.0800. The zero-order valence-corrected chi connectivity index (χ0v) is 19.4. The van der Waals surface area contributed by atoms with E-state index in [1.807, 2.05) is 18.2 Å². The van der Waals surface area contributed by atoms with Gasteiger partial charge in [0.05, 0.1) is 17.2 Å². The van der Waals surface area contributed by atoms with E-state index in [1.54, 1.807) is 0 Å². The smallest absolute Gasteiger partial charge is 0.157 e. The Morgan fingerprint density at radius 3 is 2.74 bits per heavy atom. The summed E-state index contributed by atoms with van der Waals surface area (Å²) in [6, 6.07) is 12.4. The monoisotopic (exact) mass is 487 g/mol. The van der Waals surface area contributed by atoms with Gasteiger partial charge in [-0.05, 0) is 96.0 Å². The summed E-state index contributed by atoms with van der Waals surface area (Å²) in [6.07, 6.45) is 5.47. The highest BCUT2D eigenvalue weighted by Crippen LogP contribution is 2.33. The van der Waals surface area contributed by atoms with Crippen molar-refractivity contribution in [2.75, 3.05) is 32.8 Å². The molecule has 2 aliphatic rings. The van der Waals surface area contributed by atoms with Gasteiger partial charge in [-0.3, -0.25) is 4.79 Å². The number of halogens is 1. The van der Waals surface area contributed by atoms with Crippen molar-refractivity contribution in [2.24, 2.45) is 5.92 Å². The summed E-state index contributed by atoms with van der Waals surface area (Å²) in [7, 11) is 0. The third-order valence-electron chi connectivity index (χ3n) is 6.33. The number of benzene rings is 2. The zero-order chi connectivity index (χ0) is 21.6. The molecule has 5 nitrogen and oxygen atoms in total. The number of nitrogens with zero attached hydrogens (tertiary/aromatic N) is 1. The molecule has 1 N–H and O–H groups in total. The molecule has 6 heteroatoms. The van der Waals surface area contributed by atoms with Gasteiger partial charge in [-0.15, -0.1) is 0 Å². The number of ether oxygens (including phenoxy) is 2.